The number of ether oxygens (including phenoxy) is 1. The van der Waals surface area contributed by atoms with Gasteiger partial charge in [0, 0.05) is 25.0 Å². The molecular formula is C16H13F3N2O2. The van der Waals surface area contributed by atoms with Crippen molar-refractivity contribution in [1.82, 2.24) is 4.57 Å². The number of alkyl halides is 3. The first kappa shape index (κ1) is 15.2. The summed E-state index contributed by atoms with van der Waals surface area (Å²) >= 11 is 0. The topological polar surface area (TPSA) is 57.2 Å². The van der Waals surface area contributed by atoms with Gasteiger partial charge in [-0.15, -0.1) is 0 Å². The smallest absolute Gasteiger partial charge is 0.416 e. The summed E-state index contributed by atoms with van der Waals surface area (Å²) in [6.45, 7) is 0. The minimum atomic E-state index is -4.49. The second kappa shape index (κ2) is 5.19. The Kier molecular flexibility index (Phi) is 3.43. The highest BCUT2D eigenvalue weighted by molar-refractivity contribution is 6.25. The number of aromatic nitrogens is 1. The van der Waals surface area contributed by atoms with Crippen LogP contribution in [-0.4, -0.2) is 10.4 Å². The number of rotatable bonds is 2. The molecule has 1 aromatic heterocycles. The summed E-state index contributed by atoms with van der Waals surface area (Å²) in [6.07, 6.45) is -1.98. The first-order valence-electron chi connectivity index (χ1n) is 6.77. The van der Waals surface area contributed by atoms with Crippen LogP contribution in [0.5, 0.6) is 0 Å². The van der Waals surface area contributed by atoms with Crippen LogP contribution < -0.4 is 5.73 Å². The lowest BCUT2D eigenvalue weighted by Gasteiger charge is -2.09. The van der Waals surface area contributed by atoms with Crippen molar-refractivity contribution in [3.05, 3.63) is 65.3 Å². The largest absolute Gasteiger partial charge is 0.462 e. The van der Waals surface area contributed by atoms with Crippen LogP contribution in [-0.2, 0) is 22.8 Å². The van der Waals surface area contributed by atoms with E-state index in [2.05, 4.69) is 0 Å². The van der Waals surface area contributed by atoms with E-state index in [0.29, 0.717) is 5.56 Å². The Labute approximate surface area is 130 Å². The zero-order chi connectivity index (χ0) is 16.8. The standard InChI is InChI=1S/C16H13F3N2O2/c1-21-6-5-10(8-21)14-13(22)12(15(20)23-14)9-3-2-4-11(7-9)16(17,18)19/h2-8,14H,20H2,1H3. The monoisotopic (exact) mass is 322 g/mol. The number of carbonyl (C=O) groups excluding carboxylic acids is 1. The fourth-order valence-corrected chi connectivity index (χ4v) is 2.53. The van der Waals surface area contributed by atoms with E-state index in [1.54, 1.807) is 30.1 Å². The minimum absolute atomic E-state index is 0.0232. The molecule has 7 heteroatoms. The van der Waals surface area contributed by atoms with Gasteiger partial charge < -0.3 is 15.0 Å². The van der Waals surface area contributed by atoms with Crippen LogP contribution in [0.1, 0.15) is 22.8 Å². The van der Waals surface area contributed by atoms with Gasteiger partial charge in [0.25, 0.3) is 0 Å². The van der Waals surface area contributed by atoms with Crippen LogP contribution in [0.3, 0.4) is 0 Å². The molecule has 0 fully saturated rings. The Bertz CT molecular complexity index is 806. The maximum absolute atomic E-state index is 12.8. The van der Waals surface area contributed by atoms with E-state index in [0.717, 1.165) is 12.1 Å². The van der Waals surface area contributed by atoms with Crippen molar-refractivity contribution in [3.63, 3.8) is 0 Å². The van der Waals surface area contributed by atoms with Gasteiger partial charge in [0.1, 0.15) is 0 Å². The highest BCUT2D eigenvalue weighted by Crippen LogP contribution is 2.38. The summed E-state index contributed by atoms with van der Waals surface area (Å²) in [7, 11) is 1.79. The number of nitrogens with two attached hydrogens (primary N) is 1. The molecule has 1 aliphatic rings. The Hall–Kier alpha value is -2.70. The Morgan fingerprint density at radius 1 is 1.26 bits per heavy atom. The number of ketones is 1. The van der Waals surface area contributed by atoms with Gasteiger partial charge in [-0.05, 0) is 23.8 Å². The normalized spacial score (nSPS) is 18.4. The molecule has 4 nitrogen and oxygen atoms in total. The highest BCUT2D eigenvalue weighted by Gasteiger charge is 2.37. The number of hydrogen-bond acceptors (Lipinski definition) is 3. The average Bonchev–Trinajstić information content (AvgIpc) is 3.02. The maximum Gasteiger partial charge on any atom is 0.416 e. The van der Waals surface area contributed by atoms with Gasteiger partial charge in [-0.3, -0.25) is 4.79 Å². The zero-order valence-corrected chi connectivity index (χ0v) is 12.1. The molecule has 0 radical (unpaired) electrons. The van der Waals surface area contributed by atoms with E-state index < -0.39 is 23.6 Å². The predicted octanol–water partition coefficient (Wildman–Crippen LogP) is 3.01. The van der Waals surface area contributed by atoms with Crippen molar-refractivity contribution in [2.75, 3.05) is 0 Å². The lowest BCUT2D eigenvalue weighted by Crippen LogP contribution is -2.10. The summed E-state index contributed by atoms with van der Waals surface area (Å²) in [5.41, 5.74) is 5.58. The molecule has 3 rings (SSSR count). The number of Topliss-reactive ketones (excluding diaryl/α,β-unsaturated/α-hetero) is 1. The van der Waals surface area contributed by atoms with Gasteiger partial charge in [0.2, 0.25) is 5.78 Å². The highest BCUT2D eigenvalue weighted by atomic mass is 19.4. The minimum Gasteiger partial charge on any atom is -0.462 e. The summed E-state index contributed by atoms with van der Waals surface area (Å²) < 4.78 is 45.6. The molecule has 1 aromatic carbocycles. The van der Waals surface area contributed by atoms with E-state index in [1.807, 2.05) is 0 Å². The van der Waals surface area contributed by atoms with Crippen LogP contribution in [0.2, 0.25) is 0 Å². The SMILES string of the molecule is Cn1ccc(C2OC(N)=C(c3cccc(C(F)(F)F)c3)C2=O)c1. The van der Waals surface area contributed by atoms with Crippen LogP contribution in [0, 0.1) is 0 Å². The summed E-state index contributed by atoms with van der Waals surface area (Å²) in [5, 5.41) is 0. The van der Waals surface area contributed by atoms with Crippen LogP contribution in [0.25, 0.3) is 5.57 Å². The van der Waals surface area contributed by atoms with Crippen LogP contribution in [0.4, 0.5) is 13.2 Å². The molecule has 0 saturated heterocycles. The third-order valence-corrected chi connectivity index (χ3v) is 3.61. The van der Waals surface area contributed by atoms with Crippen molar-refractivity contribution in [1.29, 1.82) is 0 Å². The third kappa shape index (κ3) is 2.69. The molecule has 0 saturated carbocycles. The molecule has 0 bridgehead atoms. The molecule has 23 heavy (non-hydrogen) atoms. The summed E-state index contributed by atoms with van der Waals surface area (Å²) in [6, 6.07) is 6.19. The molecule has 0 spiro atoms. The van der Waals surface area contributed by atoms with Crippen molar-refractivity contribution in [2.24, 2.45) is 12.8 Å². The van der Waals surface area contributed by atoms with Crippen molar-refractivity contribution in [2.45, 2.75) is 12.3 Å². The predicted molar refractivity (Wildman–Crippen MR) is 76.8 cm³/mol. The lowest BCUT2D eigenvalue weighted by molar-refractivity contribution is -0.137. The number of carbonyl (C=O) groups is 1. The van der Waals surface area contributed by atoms with Crippen LogP contribution in [0.15, 0.2) is 48.6 Å². The zero-order valence-electron chi connectivity index (χ0n) is 12.1. The number of hydrogen-bond donors (Lipinski definition) is 1. The average molecular weight is 322 g/mol. The number of benzene rings is 1. The molecule has 1 aliphatic heterocycles. The molecule has 120 valence electrons. The van der Waals surface area contributed by atoms with Gasteiger partial charge in [-0.2, -0.15) is 13.2 Å². The van der Waals surface area contributed by atoms with E-state index >= 15 is 0 Å². The summed E-state index contributed by atoms with van der Waals surface area (Å²) in [5.74, 6) is -0.615. The van der Waals surface area contributed by atoms with E-state index in [-0.39, 0.29) is 17.0 Å². The maximum atomic E-state index is 12.8. The molecule has 0 amide bonds. The van der Waals surface area contributed by atoms with Crippen molar-refractivity contribution in [3.8, 4) is 0 Å². The second-order valence-corrected chi connectivity index (χ2v) is 5.29. The first-order chi connectivity index (χ1) is 10.8. The first-order valence-corrected chi connectivity index (χ1v) is 6.77. The molecule has 1 unspecified atom stereocenters. The Morgan fingerprint density at radius 2 is 2.00 bits per heavy atom. The third-order valence-electron chi connectivity index (χ3n) is 3.61. The van der Waals surface area contributed by atoms with Gasteiger partial charge >= 0.3 is 6.18 Å². The molecule has 2 N–H and O–H groups in total. The molecule has 0 aliphatic carbocycles. The van der Waals surface area contributed by atoms with Crippen LogP contribution >= 0.6 is 0 Å². The molecule has 1 atom stereocenters. The fourth-order valence-electron chi connectivity index (χ4n) is 2.53. The molecule has 2 aromatic rings. The second-order valence-electron chi connectivity index (χ2n) is 5.29. The van der Waals surface area contributed by atoms with Crippen molar-refractivity contribution >= 4 is 11.4 Å². The molecule has 2 heterocycles. The van der Waals surface area contributed by atoms with Gasteiger partial charge in [0.05, 0.1) is 11.1 Å². The Balaban J connectivity index is 1.97. The number of aryl methyl sites for hydroxylation is 1. The quantitative estimate of drug-likeness (QED) is 0.925. The van der Waals surface area contributed by atoms with E-state index in [1.165, 1.54) is 12.1 Å². The Morgan fingerprint density at radius 3 is 2.61 bits per heavy atom. The number of halogens is 3. The van der Waals surface area contributed by atoms with Gasteiger partial charge in [-0.25, -0.2) is 0 Å². The molecular weight excluding hydrogens is 309 g/mol. The summed E-state index contributed by atoms with van der Waals surface area (Å²) in [4.78, 5) is 12.5. The fraction of sp³-hybridized carbons (Fsp3) is 0.188. The number of nitrogens with zero attached hydrogens (tertiary/aromatic N) is 1. The van der Waals surface area contributed by atoms with Gasteiger partial charge in [-0.1, -0.05) is 12.1 Å². The lowest BCUT2D eigenvalue weighted by atomic mass is 9.97. The van der Waals surface area contributed by atoms with E-state index in [4.69, 9.17) is 10.5 Å². The van der Waals surface area contributed by atoms with Crippen molar-refractivity contribution < 1.29 is 22.7 Å². The van der Waals surface area contributed by atoms with Gasteiger partial charge in [0.15, 0.2) is 12.0 Å². The van der Waals surface area contributed by atoms with E-state index in [9.17, 15) is 18.0 Å².